The molecule has 0 heterocycles. The monoisotopic (exact) mass is 671 g/mol. The number of carbonyl (C=O) groups excluding carboxylic acids is 3. The highest BCUT2D eigenvalue weighted by Crippen LogP contribution is 2.55. The van der Waals surface area contributed by atoms with Crippen LogP contribution in [0.4, 0.5) is 0 Å². The van der Waals surface area contributed by atoms with Crippen LogP contribution in [0.5, 0.6) is 0 Å². The van der Waals surface area contributed by atoms with Gasteiger partial charge in [0.2, 0.25) is 0 Å². The zero-order chi connectivity index (χ0) is 36.2. The lowest BCUT2D eigenvalue weighted by molar-refractivity contribution is -0.145. The second-order valence-corrected chi connectivity index (χ2v) is 15.0. The third-order valence-corrected chi connectivity index (χ3v) is 10.6. The molecule has 0 saturated heterocycles. The van der Waals surface area contributed by atoms with Crippen molar-refractivity contribution in [3.63, 3.8) is 0 Å². The maximum Gasteiger partial charge on any atom is 0.305 e. The summed E-state index contributed by atoms with van der Waals surface area (Å²) < 4.78 is 11.3. The second kappa shape index (κ2) is 23.0. The molecule has 4 atom stereocenters. The molecule has 0 amide bonds. The average Bonchev–Trinajstić information content (AvgIpc) is 3.02. The van der Waals surface area contributed by atoms with Crippen LogP contribution in [0.1, 0.15) is 171 Å². The first-order valence-electron chi connectivity index (χ1n) is 18.8. The van der Waals surface area contributed by atoms with E-state index in [1.165, 1.54) is 50.2 Å². The van der Waals surface area contributed by atoms with Crippen molar-refractivity contribution in [2.45, 2.75) is 183 Å². The summed E-state index contributed by atoms with van der Waals surface area (Å²) in [6.45, 7) is 18.3. The molecule has 1 aliphatic carbocycles. The van der Waals surface area contributed by atoms with E-state index in [1.807, 2.05) is 20.8 Å². The van der Waals surface area contributed by atoms with Gasteiger partial charge in [0.1, 0.15) is 12.4 Å². The van der Waals surface area contributed by atoms with Crippen LogP contribution in [0.2, 0.25) is 0 Å². The van der Waals surface area contributed by atoms with Crippen molar-refractivity contribution in [3.8, 4) is 0 Å². The Morgan fingerprint density at radius 2 is 1.56 bits per heavy atom. The Morgan fingerprint density at radius 3 is 2.19 bits per heavy atom. The third-order valence-electron chi connectivity index (χ3n) is 10.6. The van der Waals surface area contributed by atoms with E-state index in [-0.39, 0.29) is 24.0 Å². The van der Waals surface area contributed by atoms with E-state index in [0.29, 0.717) is 51.6 Å². The van der Waals surface area contributed by atoms with Gasteiger partial charge in [0.15, 0.2) is 0 Å². The van der Waals surface area contributed by atoms with Crippen LogP contribution < -0.4 is 0 Å². The van der Waals surface area contributed by atoms with Gasteiger partial charge in [0.05, 0.1) is 12.2 Å². The fraction of sp³-hybridized carbons (Fsp3) is 0.738. The summed E-state index contributed by atoms with van der Waals surface area (Å²) in [6, 6.07) is 0. The van der Waals surface area contributed by atoms with E-state index < -0.39 is 11.0 Å². The van der Waals surface area contributed by atoms with Crippen molar-refractivity contribution in [1.29, 1.82) is 0 Å². The number of rotatable bonds is 23. The van der Waals surface area contributed by atoms with Crippen molar-refractivity contribution in [1.82, 2.24) is 0 Å². The first-order valence-corrected chi connectivity index (χ1v) is 18.8. The van der Waals surface area contributed by atoms with Crippen LogP contribution in [0.25, 0.3) is 0 Å². The van der Waals surface area contributed by atoms with E-state index in [4.69, 9.17) is 9.47 Å². The number of allylic oxidation sites excluding steroid dienone is 6. The molecule has 0 bridgehead atoms. The molecule has 0 aromatic rings. The van der Waals surface area contributed by atoms with E-state index in [9.17, 15) is 19.5 Å². The predicted octanol–water partition coefficient (Wildman–Crippen LogP) is 10.9. The highest BCUT2D eigenvalue weighted by Gasteiger charge is 2.52. The summed E-state index contributed by atoms with van der Waals surface area (Å²) in [6.07, 6.45) is 22.5. The first kappa shape index (κ1) is 43.6. The highest BCUT2D eigenvalue weighted by molar-refractivity contribution is 5.74. The van der Waals surface area contributed by atoms with Crippen LogP contribution in [0.3, 0.4) is 0 Å². The molecular formula is C42H70O6. The number of hydrogen-bond donors (Lipinski definition) is 1. The molecule has 1 fully saturated rings. The van der Waals surface area contributed by atoms with Gasteiger partial charge in [-0.25, -0.2) is 0 Å². The smallest absolute Gasteiger partial charge is 0.305 e. The largest absolute Gasteiger partial charge is 0.466 e. The first-order chi connectivity index (χ1) is 22.7. The SMILES string of the molecule is CCCCCCCCCC(=O)OCCC[C@@H]1/C(=C(/C)C=O)CC[C@](C)(O)[C@@]1(C)CC/C=C(\C)[C@@H](C/C=C(\C)CCC=C(C)C)OC(C)=O. The Balaban J connectivity index is 2.96. The standard InChI is InChI=1S/C42H70O6/c1-10-11-12-13-14-15-16-24-40(45)47-30-19-23-38-37(35(6)31-43)27-29-42(9,46)41(38,8)28-18-22-34(5)39(48-36(7)44)26-25-33(4)21-17-20-32(2)3/h20,22,25,31,38-39,46H,10-19,21,23-24,26-30H2,1-9H3/b33-25+,34-22+,37-35-/t38-,39-,41+,42+/m1/s1. The number of aliphatic hydroxyl groups is 1. The van der Waals surface area contributed by atoms with Crippen molar-refractivity contribution in [2.24, 2.45) is 11.3 Å². The molecule has 1 saturated carbocycles. The van der Waals surface area contributed by atoms with Gasteiger partial charge in [-0.2, -0.15) is 0 Å². The molecule has 0 unspecified atom stereocenters. The van der Waals surface area contributed by atoms with E-state index in [0.717, 1.165) is 55.1 Å². The van der Waals surface area contributed by atoms with Gasteiger partial charge in [-0.15, -0.1) is 0 Å². The quantitative estimate of drug-likeness (QED) is 0.0382. The lowest BCUT2D eigenvalue weighted by Crippen LogP contribution is -2.52. The molecule has 1 aliphatic rings. The maximum atomic E-state index is 12.4. The van der Waals surface area contributed by atoms with Gasteiger partial charge in [0, 0.05) is 25.2 Å². The fourth-order valence-corrected chi connectivity index (χ4v) is 7.11. The molecule has 0 aromatic heterocycles. The Hall–Kier alpha value is -2.47. The number of ether oxygens (including phenoxy) is 2. The highest BCUT2D eigenvalue weighted by atomic mass is 16.5. The molecule has 0 aliphatic heterocycles. The molecule has 1 rings (SSSR count). The van der Waals surface area contributed by atoms with Gasteiger partial charge < -0.3 is 14.6 Å². The van der Waals surface area contributed by atoms with Crippen LogP contribution in [-0.2, 0) is 23.9 Å². The number of carbonyl (C=O) groups is 3. The molecule has 48 heavy (non-hydrogen) atoms. The Kier molecular flexibility index (Phi) is 20.9. The average molecular weight is 671 g/mol. The van der Waals surface area contributed by atoms with Crippen molar-refractivity contribution >= 4 is 18.2 Å². The molecule has 0 spiro atoms. The number of hydrogen-bond acceptors (Lipinski definition) is 6. The van der Waals surface area contributed by atoms with Gasteiger partial charge in [0.25, 0.3) is 0 Å². The van der Waals surface area contributed by atoms with Crippen molar-refractivity contribution < 1.29 is 29.0 Å². The maximum absolute atomic E-state index is 12.4. The zero-order valence-corrected chi connectivity index (χ0v) is 32.2. The summed E-state index contributed by atoms with van der Waals surface area (Å²) in [4.78, 5) is 36.3. The molecule has 0 radical (unpaired) electrons. The number of aldehydes is 1. The predicted molar refractivity (Wildman–Crippen MR) is 199 cm³/mol. The molecule has 0 aromatic carbocycles. The van der Waals surface area contributed by atoms with Crippen LogP contribution in [0.15, 0.2) is 46.1 Å². The summed E-state index contributed by atoms with van der Waals surface area (Å²) >= 11 is 0. The van der Waals surface area contributed by atoms with E-state index in [1.54, 1.807) is 0 Å². The van der Waals surface area contributed by atoms with E-state index >= 15 is 0 Å². The molecular weight excluding hydrogens is 600 g/mol. The summed E-state index contributed by atoms with van der Waals surface area (Å²) in [5, 5.41) is 11.8. The summed E-state index contributed by atoms with van der Waals surface area (Å²) in [7, 11) is 0. The van der Waals surface area contributed by atoms with Crippen molar-refractivity contribution in [2.75, 3.05) is 6.61 Å². The van der Waals surface area contributed by atoms with Crippen LogP contribution >= 0.6 is 0 Å². The van der Waals surface area contributed by atoms with Gasteiger partial charge in [-0.1, -0.05) is 87.3 Å². The lowest BCUT2D eigenvalue weighted by atomic mass is 9.54. The lowest BCUT2D eigenvalue weighted by Gasteiger charge is -2.53. The number of unbranched alkanes of at least 4 members (excludes halogenated alkanes) is 6. The van der Waals surface area contributed by atoms with Gasteiger partial charge >= 0.3 is 11.9 Å². The van der Waals surface area contributed by atoms with Crippen LogP contribution in [-0.4, -0.2) is 41.6 Å². The second-order valence-electron chi connectivity index (χ2n) is 15.0. The molecule has 1 N–H and O–H groups in total. The number of esters is 2. The molecule has 6 heteroatoms. The fourth-order valence-electron chi connectivity index (χ4n) is 7.11. The minimum atomic E-state index is -0.930. The summed E-state index contributed by atoms with van der Waals surface area (Å²) in [5.74, 6) is -0.451. The van der Waals surface area contributed by atoms with Crippen molar-refractivity contribution in [3.05, 3.63) is 46.1 Å². The Morgan fingerprint density at radius 1 is 0.896 bits per heavy atom. The summed E-state index contributed by atoms with van der Waals surface area (Å²) in [5.41, 5.74) is 4.02. The molecule has 274 valence electrons. The zero-order valence-electron chi connectivity index (χ0n) is 32.2. The molecule has 6 nitrogen and oxygen atoms in total. The van der Waals surface area contributed by atoms with Gasteiger partial charge in [-0.3, -0.25) is 14.4 Å². The normalized spacial score (nSPS) is 23.3. The Labute approximate surface area is 293 Å². The minimum Gasteiger partial charge on any atom is -0.466 e. The van der Waals surface area contributed by atoms with Crippen LogP contribution in [0, 0.1) is 11.3 Å². The van der Waals surface area contributed by atoms with Gasteiger partial charge in [-0.05, 0) is 116 Å². The Bertz CT molecular complexity index is 1120. The topological polar surface area (TPSA) is 89.9 Å². The minimum absolute atomic E-state index is 0.0161. The third kappa shape index (κ3) is 15.8. The van der Waals surface area contributed by atoms with E-state index in [2.05, 4.69) is 52.8 Å².